The number of hydrogen-bond donors (Lipinski definition) is 5. The molecule has 1 saturated carbocycles. The van der Waals surface area contributed by atoms with Crippen LogP contribution < -0.4 is 31.3 Å². The molecule has 3 atom stereocenters. The molecule has 5 heterocycles. The lowest BCUT2D eigenvalue weighted by atomic mass is 9.80. The second-order valence-electron chi connectivity index (χ2n) is 22.7. The molecule has 0 bridgehead atoms. The van der Waals surface area contributed by atoms with Crippen LogP contribution in [-0.2, 0) is 25.7 Å². The van der Waals surface area contributed by atoms with Crippen molar-refractivity contribution in [2.45, 2.75) is 152 Å². The van der Waals surface area contributed by atoms with E-state index in [4.69, 9.17) is 22.1 Å². The predicted molar refractivity (Wildman–Crippen MR) is 297 cm³/mol. The zero-order valence-corrected chi connectivity index (χ0v) is 47.1. The van der Waals surface area contributed by atoms with Crippen molar-refractivity contribution in [2.75, 3.05) is 62.6 Å². The molecular weight excluding hydrogens is 1030 g/mol. The van der Waals surface area contributed by atoms with Crippen molar-refractivity contribution in [3.05, 3.63) is 70.6 Å². The van der Waals surface area contributed by atoms with Gasteiger partial charge in [0.15, 0.2) is 5.67 Å². The molecule has 4 fully saturated rings. The number of alkyl halides is 1. The molecule has 76 heavy (non-hydrogen) atoms. The molecule has 4 aromatic rings. The highest BCUT2D eigenvalue weighted by Gasteiger charge is 2.53. The summed E-state index contributed by atoms with van der Waals surface area (Å²) in [6.45, 7) is 15.6. The predicted octanol–water partition coefficient (Wildman–Crippen LogP) is 8.57. The minimum Gasteiger partial charge on any atom is -0.493 e. The lowest BCUT2D eigenvalue weighted by molar-refractivity contribution is -0.145. The molecular formula is C56H76ClFN10O6S2. The smallest absolute Gasteiger partial charge is 0.258 e. The Bertz CT molecular complexity index is 2650. The summed E-state index contributed by atoms with van der Waals surface area (Å²) in [5.74, 6) is 0.240. The number of likely N-dealkylation sites (tertiary alicyclic amines) is 2. The number of rotatable bonds is 22. The first-order valence-electron chi connectivity index (χ1n) is 27.0. The molecule has 0 spiro atoms. The summed E-state index contributed by atoms with van der Waals surface area (Å²) in [6, 6.07) is 9.48. The molecule has 4 aliphatic rings. The van der Waals surface area contributed by atoms with Crippen LogP contribution in [0.5, 0.6) is 5.75 Å². The van der Waals surface area contributed by atoms with Gasteiger partial charge in [-0.25, -0.2) is 19.3 Å². The van der Waals surface area contributed by atoms with E-state index in [0.29, 0.717) is 41.9 Å². The van der Waals surface area contributed by atoms with Gasteiger partial charge in [0.05, 0.1) is 51.9 Å². The maximum Gasteiger partial charge on any atom is 0.258 e. The molecule has 2 aromatic carbocycles. The highest BCUT2D eigenvalue weighted by atomic mass is 35.5. The number of halogens is 2. The van der Waals surface area contributed by atoms with E-state index < -0.39 is 47.0 Å². The van der Waals surface area contributed by atoms with Crippen LogP contribution in [0, 0.1) is 23.7 Å². The van der Waals surface area contributed by atoms with Gasteiger partial charge in [0, 0.05) is 49.5 Å². The standard InChI is InChI=1S/C56H76ClFN10O6S2/c1-36-49(75-35-63-36)38-14-15-39(30-62-51(71)42-29-40(69)33-68(42)52(72)50(54(2,3)4)65-53(73)56(58)18-19-56)43(28-38)74-27-7-6-22-66-23-16-37(17-24-66)10-8-13-46(70)64-41-11-9-12-44(48(41)57)76-47-32-60-45(31-61-47)67-25-20-55(5,34-59)21-26-67/h9,11-12,14-15,28,31-32,35,37,40,42,50,69H,6-8,10,13,16-27,29-30,33-34,59H2,1-5H3,(H,62,71)(H,64,70)(H,65,73)/t40-,42+,50-/m1/s1. The molecule has 0 unspecified atom stereocenters. The second kappa shape index (κ2) is 25.3. The maximum absolute atomic E-state index is 14.7. The number of aliphatic hydroxyl groups is 1. The topological polar surface area (TPSA) is 208 Å². The van der Waals surface area contributed by atoms with Crippen LogP contribution in [0.25, 0.3) is 10.4 Å². The largest absolute Gasteiger partial charge is 0.493 e. The number of amides is 4. The van der Waals surface area contributed by atoms with Crippen LogP contribution in [0.2, 0.25) is 5.02 Å². The molecule has 3 aliphatic heterocycles. The first-order valence-corrected chi connectivity index (χ1v) is 29.1. The van der Waals surface area contributed by atoms with E-state index in [1.54, 1.807) is 38.3 Å². The van der Waals surface area contributed by atoms with Crippen molar-refractivity contribution in [2.24, 2.45) is 22.5 Å². The van der Waals surface area contributed by atoms with Gasteiger partial charge in [-0.1, -0.05) is 69.3 Å². The van der Waals surface area contributed by atoms with Crippen LogP contribution in [-0.4, -0.2) is 130 Å². The maximum atomic E-state index is 14.7. The number of benzene rings is 2. The van der Waals surface area contributed by atoms with Gasteiger partial charge in [-0.15, -0.1) is 11.3 Å². The lowest BCUT2D eigenvalue weighted by Gasteiger charge is -2.39. The fourth-order valence-corrected chi connectivity index (χ4v) is 12.1. The average Bonchev–Trinajstić information content (AvgIpc) is 3.81. The van der Waals surface area contributed by atoms with E-state index in [0.717, 1.165) is 122 Å². The summed E-state index contributed by atoms with van der Waals surface area (Å²) in [7, 11) is 0. The molecule has 20 heteroatoms. The van der Waals surface area contributed by atoms with Crippen LogP contribution in [0.1, 0.15) is 116 Å². The highest BCUT2D eigenvalue weighted by molar-refractivity contribution is 7.99. The Morgan fingerprint density at radius 2 is 1.78 bits per heavy atom. The summed E-state index contributed by atoms with van der Waals surface area (Å²) < 4.78 is 21.1. The van der Waals surface area contributed by atoms with Crippen molar-refractivity contribution in [1.29, 1.82) is 0 Å². The Balaban J connectivity index is 0.753. The number of β-amino-alcohol motifs (C(OH)–C–C–N with tert-alkyl or cyclic N) is 1. The summed E-state index contributed by atoms with van der Waals surface area (Å²) in [5, 5.41) is 20.5. The van der Waals surface area contributed by atoms with Gasteiger partial charge in [0.25, 0.3) is 5.91 Å². The number of piperidine rings is 2. The average molecular weight is 1100 g/mol. The third kappa shape index (κ3) is 14.8. The van der Waals surface area contributed by atoms with E-state index >= 15 is 0 Å². The van der Waals surface area contributed by atoms with Crippen molar-refractivity contribution in [3.8, 4) is 16.2 Å². The number of carbonyl (C=O) groups excluding carboxylic acids is 4. The number of aliphatic hydroxyl groups excluding tert-OH is 1. The number of ether oxygens (including phenoxy) is 1. The number of nitrogens with two attached hydrogens (primary N) is 1. The molecule has 412 valence electrons. The fraction of sp³-hybridized carbons (Fsp3) is 0.589. The van der Waals surface area contributed by atoms with Crippen LogP contribution in [0.15, 0.2) is 64.2 Å². The Morgan fingerprint density at radius 3 is 2.45 bits per heavy atom. The normalized spacial score (nSPS) is 20.0. The molecule has 0 radical (unpaired) electrons. The number of carbonyl (C=O) groups is 4. The summed E-state index contributed by atoms with van der Waals surface area (Å²) in [4.78, 5) is 75.3. The third-order valence-corrected chi connectivity index (χ3v) is 18.1. The van der Waals surface area contributed by atoms with Gasteiger partial charge >= 0.3 is 0 Å². The van der Waals surface area contributed by atoms with Gasteiger partial charge in [0.1, 0.15) is 28.7 Å². The molecule has 2 aromatic heterocycles. The second-order valence-corrected chi connectivity index (χ2v) is 25.0. The number of nitrogens with one attached hydrogen (secondary N) is 3. The van der Waals surface area contributed by atoms with E-state index in [-0.39, 0.29) is 43.7 Å². The molecule has 4 amide bonds. The van der Waals surface area contributed by atoms with Crippen LogP contribution >= 0.6 is 34.7 Å². The van der Waals surface area contributed by atoms with Gasteiger partial charge in [-0.3, -0.25) is 19.2 Å². The fourth-order valence-electron chi connectivity index (χ4n) is 10.3. The SMILES string of the molecule is Cc1ncsc1-c1ccc(CNC(=O)[C@@H]2C[C@@H](O)CN2C(=O)[C@@H](NC(=O)C2(F)CC2)C(C)(C)C)c(OCCCCN2CCC(CCCC(=O)Nc3cccc(Sc4cnc(N5CCC(C)(CN)CC5)cn4)c3Cl)CC2)c1. The zero-order chi connectivity index (χ0) is 54.2. The van der Waals surface area contributed by atoms with E-state index in [1.165, 1.54) is 16.7 Å². The Labute approximate surface area is 460 Å². The Kier molecular flexibility index (Phi) is 19.0. The summed E-state index contributed by atoms with van der Waals surface area (Å²) in [5.41, 5.74) is 8.47. The summed E-state index contributed by atoms with van der Waals surface area (Å²) >= 11 is 9.78. The van der Waals surface area contributed by atoms with Crippen molar-refractivity contribution < 1.29 is 33.4 Å². The quantitative estimate of drug-likeness (QED) is 0.0468. The number of hydrogen-bond acceptors (Lipinski definition) is 14. The van der Waals surface area contributed by atoms with Crippen LogP contribution in [0.4, 0.5) is 15.9 Å². The summed E-state index contributed by atoms with van der Waals surface area (Å²) in [6.07, 6.45) is 11.2. The highest BCUT2D eigenvalue weighted by Crippen LogP contribution is 2.41. The van der Waals surface area contributed by atoms with Gasteiger partial charge in [-0.2, -0.15) is 0 Å². The molecule has 16 nitrogen and oxygen atoms in total. The van der Waals surface area contributed by atoms with Crippen molar-refractivity contribution in [3.63, 3.8) is 0 Å². The van der Waals surface area contributed by atoms with E-state index in [9.17, 15) is 28.7 Å². The van der Waals surface area contributed by atoms with Crippen molar-refractivity contribution >= 4 is 69.8 Å². The zero-order valence-electron chi connectivity index (χ0n) is 44.7. The number of anilines is 2. The molecule has 6 N–H and O–H groups in total. The number of aromatic nitrogens is 3. The van der Waals surface area contributed by atoms with Gasteiger partial charge in [0.2, 0.25) is 17.7 Å². The molecule has 3 saturated heterocycles. The van der Waals surface area contributed by atoms with Gasteiger partial charge in [-0.05, 0) is 138 Å². The number of thiazole rings is 1. The Hall–Kier alpha value is -4.92. The van der Waals surface area contributed by atoms with E-state index in [2.05, 4.69) is 47.6 Å². The number of aryl methyl sites for hydroxylation is 1. The van der Waals surface area contributed by atoms with Crippen LogP contribution in [0.3, 0.4) is 0 Å². The first kappa shape index (κ1) is 57.3. The number of nitrogens with zero attached hydrogens (tertiary/aromatic N) is 6. The Morgan fingerprint density at radius 1 is 1.01 bits per heavy atom. The first-order chi connectivity index (χ1) is 36.3. The minimum atomic E-state index is -1.97. The number of unbranched alkanes of at least 4 members (excludes halogenated alkanes) is 1. The minimum absolute atomic E-state index is 0.0372. The van der Waals surface area contributed by atoms with Gasteiger partial charge < -0.3 is 46.2 Å². The third-order valence-electron chi connectivity index (χ3n) is 15.6. The van der Waals surface area contributed by atoms with E-state index in [1.807, 2.05) is 55.0 Å². The monoisotopic (exact) mass is 1100 g/mol. The van der Waals surface area contributed by atoms with Crippen molar-refractivity contribution in [1.82, 2.24) is 35.4 Å². The molecule has 8 rings (SSSR count). The lowest BCUT2D eigenvalue weighted by Crippen LogP contribution is -2.59. The molecule has 1 aliphatic carbocycles.